The van der Waals surface area contributed by atoms with Crippen LogP contribution in [0.1, 0.15) is 29.1 Å². The SMILES string of the molecule is COc1cccc(CN2CCCn3cnc(Cn4nncc4C)c3C2)c1.O=CO. The number of hydrogen-bond donors (Lipinski definition) is 1. The average Bonchev–Trinajstić information content (AvgIpc) is 3.23. The second-order valence-electron chi connectivity index (χ2n) is 6.89. The minimum absolute atomic E-state index is 0.250. The van der Waals surface area contributed by atoms with Crippen molar-refractivity contribution in [1.29, 1.82) is 0 Å². The number of fused-ring (bicyclic) bond motifs is 1. The molecule has 0 saturated carbocycles. The van der Waals surface area contributed by atoms with Crippen LogP contribution in [0, 0.1) is 6.92 Å². The Labute approximate surface area is 169 Å². The Balaban J connectivity index is 0.000000755. The van der Waals surface area contributed by atoms with Gasteiger partial charge in [0.1, 0.15) is 5.75 Å². The molecule has 0 spiro atoms. The van der Waals surface area contributed by atoms with Gasteiger partial charge in [-0.25, -0.2) is 9.67 Å². The number of methoxy groups -OCH3 is 1. The molecule has 0 unspecified atom stereocenters. The minimum Gasteiger partial charge on any atom is -0.497 e. The topological polar surface area (TPSA) is 98.3 Å². The third-order valence-electron chi connectivity index (χ3n) is 4.93. The maximum absolute atomic E-state index is 8.36. The van der Waals surface area contributed by atoms with Gasteiger partial charge in [0.25, 0.3) is 6.47 Å². The molecule has 3 aromatic rings. The molecular formula is C20H26N6O3. The number of carbonyl (C=O) groups is 1. The maximum atomic E-state index is 8.36. The van der Waals surface area contributed by atoms with Crippen molar-refractivity contribution in [2.75, 3.05) is 13.7 Å². The molecule has 0 bridgehead atoms. The summed E-state index contributed by atoms with van der Waals surface area (Å²) in [4.78, 5) is 15.5. The molecule has 154 valence electrons. The van der Waals surface area contributed by atoms with E-state index in [1.807, 2.05) is 24.0 Å². The smallest absolute Gasteiger partial charge is 0.290 e. The van der Waals surface area contributed by atoms with Crippen LogP contribution in [0.15, 0.2) is 36.8 Å². The molecule has 0 fully saturated rings. The highest BCUT2D eigenvalue weighted by atomic mass is 16.5. The summed E-state index contributed by atoms with van der Waals surface area (Å²) < 4.78 is 9.54. The lowest BCUT2D eigenvalue weighted by molar-refractivity contribution is -0.122. The average molecular weight is 398 g/mol. The van der Waals surface area contributed by atoms with Gasteiger partial charge in [-0.05, 0) is 31.0 Å². The van der Waals surface area contributed by atoms with Crippen molar-refractivity contribution in [3.63, 3.8) is 0 Å². The summed E-state index contributed by atoms with van der Waals surface area (Å²) in [6.07, 6.45) is 4.87. The van der Waals surface area contributed by atoms with Gasteiger partial charge >= 0.3 is 0 Å². The first kappa shape index (κ1) is 20.5. The Bertz CT molecular complexity index is 936. The zero-order chi connectivity index (χ0) is 20.6. The number of rotatable bonds is 5. The summed E-state index contributed by atoms with van der Waals surface area (Å²) in [6.45, 7) is 6.31. The molecule has 9 nitrogen and oxygen atoms in total. The number of benzene rings is 1. The number of imidazole rings is 1. The van der Waals surface area contributed by atoms with Crippen molar-refractivity contribution in [3.05, 3.63) is 59.4 Å². The van der Waals surface area contributed by atoms with Crippen LogP contribution >= 0.6 is 0 Å². The molecule has 1 aliphatic rings. The van der Waals surface area contributed by atoms with Gasteiger partial charge in [0.05, 0.1) is 43.3 Å². The fourth-order valence-corrected chi connectivity index (χ4v) is 3.48. The molecule has 0 radical (unpaired) electrons. The van der Waals surface area contributed by atoms with E-state index in [1.165, 1.54) is 11.3 Å². The largest absolute Gasteiger partial charge is 0.497 e. The van der Waals surface area contributed by atoms with Gasteiger partial charge < -0.3 is 14.4 Å². The summed E-state index contributed by atoms with van der Waals surface area (Å²) in [5.74, 6) is 0.907. The number of hydrogen-bond acceptors (Lipinski definition) is 6. The van der Waals surface area contributed by atoms with Crippen LogP contribution in [0.25, 0.3) is 0 Å². The Hall–Kier alpha value is -3.20. The fourth-order valence-electron chi connectivity index (χ4n) is 3.48. The first-order chi connectivity index (χ1) is 14.1. The Kier molecular flexibility index (Phi) is 6.96. The normalized spacial score (nSPS) is 13.7. The van der Waals surface area contributed by atoms with Crippen molar-refractivity contribution in [3.8, 4) is 5.75 Å². The van der Waals surface area contributed by atoms with Crippen LogP contribution < -0.4 is 4.74 Å². The number of carboxylic acid groups (broad SMARTS) is 1. The van der Waals surface area contributed by atoms with E-state index >= 15 is 0 Å². The minimum atomic E-state index is -0.250. The molecule has 1 aromatic carbocycles. The van der Waals surface area contributed by atoms with Gasteiger partial charge in [0, 0.05) is 26.2 Å². The zero-order valence-corrected chi connectivity index (χ0v) is 16.7. The van der Waals surface area contributed by atoms with Gasteiger partial charge in [0.2, 0.25) is 0 Å². The third-order valence-corrected chi connectivity index (χ3v) is 4.93. The van der Waals surface area contributed by atoms with Gasteiger partial charge in [-0.2, -0.15) is 0 Å². The molecule has 0 aliphatic carbocycles. The molecule has 3 heterocycles. The van der Waals surface area contributed by atoms with Gasteiger partial charge in [-0.3, -0.25) is 9.69 Å². The fraction of sp³-hybridized carbons (Fsp3) is 0.400. The summed E-state index contributed by atoms with van der Waals surface area (Å²) in [5, 5.41) is 15.0. The second-order valence-corrected chi connectivity index (χ2v) is 6.89. The third kappa shape index (κ3) is 5.20. The molecule has 0 saturated heterocycles. The van der Waals surface area contributed by atoms with Crippen LogP contribution in [0.2, 0.25) is 0 Å². The monoisotopic (exact) mass is 398 g/mol. The van der Waals surface area contributed by atoms with Crippen LogP contribution in [0.4, 0.5) is 0 Å². The van der Waals surface area contributed by atoms with Crippen molar-refractivity contribution in [1.82, 2.24) is 29.4 Å². The quantitative estimate of drug-likeness (QED) is 0.656. The van der Waals surface area contributed by atoms with E-state index in [0.717, 1.165) is 49.7 Å². The lowest BCUT2D eigenvalue weighted by Gasteiger charge is -2.20. The molecular weight excluding hydrogens is 372 g/mol. The molecule has 1 aliphatic heterocycles. The molecule has 29 heavy (non-hydrogen) atoms. The van der Waals surface area contributed by atoms with Gasteiger partial charge in [-0.1, -0.05) is 17.3 Å². The highest BCUT2D eigenvalue weighted by Gasteiger charge is 2.19. The van der Waals surface area contributed by atoms with Crippen molar-refractivity contribution < 1.29 is 14.6 Å². The van der Waals surface area contributed by atoms with E-state index in [1.54, 1.807) is 13.3 Å². The summed E-state index contributed by atoms with van der Waals surface area (Å²) >= 11 is 0. The van der Waals surface area contributed by atoms with Crippen molar-refractivity contribution in [2.24, 2.45) is 0 Å². The molecule has 1 N–H and O–H groups in total. The van der Waals surface area contributed by atoms with E-state index in [0.29, 0.717) is 6.54 Å². The lowest BCUT2D eigenvalue weighted by Crippen LogP contribution is -2.23. The van der Waals surface area contributed by atoms with Crippen LogP contribution in [-0.2, 0) is 31.0 Å². The van der Waals surface area contributed by atoms with Gasteiger partial charge in [-0.15, -0.1) is 5.10 Å². The maximum Gasteiger partial charge on any atom is 0.290 e. The molecule has 0 atom stereocenters. The molecule has 0 amide bonds. The van der Waals surface area contributed by atoms with Crippen LogP contribution in [0.5, 0.6) is 5.75 Å². The number of aromatic nitrogens is 5. The number of nitrogens with zero attached hydrogens (tertiary/aromatic N) is 6. The van der Waals surface area contributed by atoms with Crippen molar-refractivity contribution in [2.45, 2.75) is 39.5 Å². The Morgan fingerprint density at radius 2 is 2.10 bits per heavy atom. The Morgan fingerprint density at radius 1 is 1.28 bits per heavy atom. The molecule has 4 rings (SSSR count). The predicted octanol–water partition coefficient (Wildman–Crippen LogP) is 1.95. The Morgan fingerprint density at radius 3 is 2.83 bits per heavy atom. The van der Waals surface area contributed by atoms with E-state index < -0.39 is 0 Å². The van der Waals surface area contributed by atoms with Crippen LogP contribution in [-0.4, -0.2) is 54.7 Å². The number of aryl methyl sites for hydroxylation is 2. The highest BCUT2D eigenvalue weighted by molar-refractivity contribution is 5.32. The summed E-state index contributed by atoms with van der Waals surface area (Å²) in [7, 11) is 1.71. The first-order valence-corrected chi connectivity index (χ1v) is 9.45. The van der Waals surface area contributed by atoms with Gasteiger partial charge in [0.15, 0.2) is 0 Å². The van der Waals surface area contributed by atoms with E-state index in [4.69, 9.17) is 14.6 Å². The van der Waals surface area contributed by atoms with E-state index in [2.05, 4.69) is 43.0 Å². The van der Waals surface area contributed by atoms with Crippen LogP contribution in [0.3, 0.4) is 0 Å². The standard InChI is InChI=1S/C19H24N6O.CH2O2/c1-15-10-21-22-25(15)12-18-19-13-23(7-4-8-24(19)14-20-18)11-16-5-3-6-17(9-16)26-2;2-1-3/h3,5-6,9-10,14H,4,7-8,11-13H2,1-2H3;1H,(H,2,3). The lowest BCUT2D eigenvalue weighted by atomic mass is 10.2. The summed E-state index contributed by atoms with van der Waals surface area (Å²) in [5.41, 5.74) is 4.68. The summed E-state index contributed by atoms with van der Waals surface area (Å²) in [6, 6.07) is 8.31. The van der Waals surface area contributed by atoms with E-state index in [9.17, 15) is 0 Å². The predicted molar refractivity (Wildman–Crippen MR) is 107 cm³/mol. The second kappa shape index (κ2) is 9.83. The first-order valence-electron chi connectivity index (χ1n) is 9.45. The highest BCUT2D eigenvalue weighted by Crippen LogP contribution is 2.20. The molecule has 9 heteroatoms. The number of ether oxygens (including phenoxy) is 1. The van der Waals surface area contributed by atoms with Crippen molar-refractivity contribution >= 4 is 6.47 Å². The van der Waals surface area contributed by atoms with E-state index in [-0.39, 0.29) is 6.47 Å². The molecule has 2 aromatic heterocycles. The zero-order valence-electron chi connectivity index (χ0n) is 16.7.